The molecule has 3 rings (SSSR count). The summed E-state index contributed by atoms with van der Waals surface area (Å²) in [5.74, 6) is 0.239. The van der Waals surface area contributed by atoms with Gasteiger partial charge in [-0.25, -0.2) is 4.79 Å². The average molecular weight is 327 g/mol. The van der Waals surface area contributed by atoms with E-state index in [0.717, 1.165) is 40.8 Å². The molecule has 1 aromatic carbocycles. The summed E-state index contributed by atoms with van der Waals surface area (Å²) in [4.78, 5) is 15.7. The van der Waals surface area contributed by atoms with Crippen molar-refractivity contribution in [2.45, 2.75) is 39.2 Å². The fraction of sp³-hybridized carbons (Fsp3) is 0.368. The fourth-order valence-electron chi connectivity index (χ4n) is 2.66. The molecule has 0 aliphatic carbocycles. The molecule has 1 N–H and O–H groups in total. The molecule has 0 radical (unpaired) electrons. The van der Waals surface area contributed by atoms with Crippen molar-refractivity contribution < 1.29 is 19.4 Å². The standard InChI is InChI=1S/C19H21NO4/c1-4-12-7-14(11-20-10-12)15-8-13-5-6-23-16(13)9-17(15)24-19(2,3)18(21)22/h7-11H,4-6H2,1-3H3,(H,21,22). The minimum absolute atomic E-state index is 0.498. The SMILES string of the molecule is CCc1cncc(-c2cc3c(cc2OC(C)(C)C(=O)O)OCC3)c1. The van der Waals surface area contributed by atoms with Crippen LogP contribution in [0.3, 0.4) is 0 Å². The number of carboxylic acid groups (broad SMARTS) is 1. The van der Waals surface area contributed by atoms with Crippen LogP contribution >= 0.6 is 0 Å². The van der Waals surface area contributed by atoms with Crippen LogP contribution in [0.2, 0.25) is 0 Å². The van der Waals surface area contributed by atoms with E-state index in [1.165, 1.54) is 13.8 Å². The molecule has 0 atom stereocenters. The second kappa shape index (κ2) is 6.15. The van der Waals surface area contributed by atoms with E-state index in [-0.39, 0.29) is 0 Å². The normalized spacial score (nSPS) is 13.3. The number of carboxylic acids is 1. The van der Waals surface area contributed by atoms with Gasteiger partial charge in [0, 0.05) is 36.0 Å². The van der Waals surface area contributed by atoms with Crippen molar-refractivity contribution in [2.24, 2.45) is 0 Å². The summed E-state index contributed by atoms with van der Waals surface area (Å²) >= 11 is 0. The van der Waals surface area contributed by atoms with Gasteiger partial charge in [0.2, 0.25) is 0 Å². The molecule has 1 aliphatic heterocycles. The Bertz CT molecular complexity index is 783. The van der Waals surface area contributed by atoms with E-state index in [1.807, 2.05) is 12.3 Å². The Morgan fingerprint density at radius 1 is 1.33 bits per heavy atom. The van der Waals surface area contributed by atoms with Gasteiger partial charge in [-0.2, -0.15) is 0 Å². The lowest BCUT2D eigenvalue weighted by molar-refractivity contribution is -0.152. The van der Waals surface area contributed by atoms with Gasteiger partial charge in [0.15, 0.2) is 5.60 Å². The first-order valence-corrected chi connectivity index (χ1v) is 8.07. The Kier molecular flexibility index (Phi) is 4.18. The maximum atomic E-state index is 11.4. The van der Waals surface area contributed by atoms with Crippen molar-refractivity contribution in [1.82, 2.24) is 4.98 Å². The number of aromatic nitrogens is 1. The topological polar surface area (TPSA) is 68.7 Å². The predicted octanol–water partition coefficient (Wildman–Crippen LogP) is 3.49. The summed E-state index contributed by atoms with van der Waals surface area (Å²) in [5.41, 5.74) is 2.65. The molecule has 1 aromatic heterocycles. The fourth-order valence-corrected chi connectivity index (χ4v) is 2.66. The van der Waals surface area contributed by atoms with Crippen LogP contribution in [-0.4, -0.2) is 28.3 Å². The van der Waals surface area contributed by atoms with Crippen LogP contribution in [0.25, 0.3) is 11.1 Å². The quantitative estimate of drug-likeness (QED) is 0.910. The molecular weight excluding hydrogens is 306 g/mol. The molecule has 0 saturated heterocycles. The molecule has 0 spiro atoms. The summed E-state index contributed by atoms with van der Waals surface area (Å²) < 4.78 is 11.4. The first kappa shape index (κ1) is 16.3. The second-order valence-corrected chi connectivity index (χ2v) is 6.41. The highest BCUT2D eigenvalue weighted by atomic mass is 16.5. The number of pyridine rings is 1. The molecule has 0 amide bonds. The molecule has 1 aliphatic rings. The molecule has 5 nitrogen and oxygen atoms in total. The zero-order chi connectivity index (χ0) is 17.3. The summed E-state index contributed by atoms with van der Waals surface area (Å²) in [6.45, 7) is 5.78. The molecule has 24 heavy (non-hydrogen) atoms. The third-order valence-electron chi connectivity index (χ3n) is 4.19. The van der Waals surface area contributed by atoms with Crippen LogP contribution in [0.15, 0.2) is 30.6 Å². The number of aliphatic carboxylic acids is 1. The first-order valence-electron chi connectivity index (χ1n) is 8.07. The first-order chi connectivity index (χ1) is 11.4. The number of fused-ring (bicyclic) bond motifs is 1. The number of rotatable bonds is 5. The van der Waals surface area contributed by atoms with Gasteiger partial charge >= 0.3 is 5.97 Å². The lowest BCUT2D eigenvalue weighted by Crippen LogP contribution is -2.38. The minimum Gasteiger partial charge on any atom is -0.493 e. The predicted molar refractivity (Wildman–Crippen MR) is 90.6 cm³/mol. The molecule has 0 unspecified atom stereocenters. The Labute approximate surface area is 141 Å². The minimum atomic E-state index is -1.34. The highest BCUT2D eigenvalue weighted by molar-refractivity contribution is 5.78. The number of hydrogen-bond acceptors (Lipinski definition) is 4. The molecular formula is C19H21NO4. The molecule has 2 aromatic rings. The zero-order valence-corrected chi connectivity index (χ0v) is 14.1. The molecule has 2 heterocycles. The molecule has 0 bridgehead atoms. The van der Waals surface area contributed by atoms with E-state index in [0.29, 0.717) is 12.4 Å². The number of aryl methyl sites for hydroxylation is 1. The van der Waals surface area contributed by atoms with E-state index >= 15 is 0 Å². The summed E-state index contributed by atoms with van der Waals surface area (Å²) in [5, 5.41) is 9.37. The Morgan fingerprint density at radius 3 is 2.83 bits per heavy atom. The van der Waals surface area contributed by atoms with Crippen molar-refractivity contribution in [3.63, 3.8) is 0 Å². The van der Waals surface area contributed by atoms with E-state index < -0.39 is 11.6 Å². The van der Waals surface area contributed by atoms with Crippen LogP contribution in [-0.2, 0) is 17.6 Å². The van der Waals surface area contributed by atoms with Crippen molar-refractivity contribution in [3.8, 4) is 22.6 Å². The molecule has 0 saturated carbocycles. The van der Waals surface area contributed by atoms with Crippen LogP contribution in [0, 0.1) is 0 Å². The highest BCUT2D eigenvalue weighted by Crippen LogP contribution is 2.40. The third kappa shape index (κ3) is 3.07. The van der Waals surface area contributed by atoms with Crippen LogP contribution < -0.4 is 9.47 Å². The summed E-state index contributed by atoms with van der Waals surface area (Å²) in [6, 6.07) is 5.87. The summed E-state index contributed by atoms with van der Waals surface area (Å²) in [6.07, 6.45) is 5.33. The Balaban J connectivity index is 2.11. The number of nitrogens with zero attached hydrogens (tertiary/aromatic N) is 1. The maximum Gasteiger partial charge on any atom is 0.347 e. The van der Waals surface area contributed by atoms with Gasteiger partial charge in [-0.1, -0.05) is 6.92 Å². The molecule has 0 fully saturated rings. The van der Waals surface area contributed by atoms with Crippen LogP contribution in [0.4, 0.5) is 0 Å². The second-order valence-electron chi connectivity index (χ2n) is 6.41. The van der Waals surface area contributed by atoms with Crippen molar-refractivity contribution in [3.05, 3.63) is 41.7 Å². The van der Waals surface area contributed by atoms with Gasteiger partial charge in [-0.15, -0.1) is 0 Å². The van der Waals surface area contributed by atoms with Gasteiger partial charge in [0.25, 0.3) is 0 Å². The van der Waals surface area contributed by atoms with Crippen molar-refractivity contribution in [1.29, 1.82) is 0 Å². The zero-order valence-electron chi connectivity index (χ0n) is 14.1. The van der Waals surface area contributed by atoms with Crippen molar-refractivity contribution >= 4 is 5.97 Å². The maximum absolute atomic E-state index is 11.4. The van der Waals surface area contributed by atoms with Crippen LogP contribution in [0.1, 0.15) is 31.9 Å². The Morgan fingerprint density at radius 2 is 2.12 bits per heavy atom. The van der Waals surface area contributed by atoms with E-state index in [4.69, 9.17) is 9.47 Å². The molecule has 5 heteroatoms. The lowest BCUT2D eigenvalue weighted by Gasteiger charge is -2.24. The highest BCUT2D eigenvalue weighted by Gasteiger charge is 2.31. The smallest absolute Gasteiger partial charge is 0.347 e. The van der Waals surface area contributed by atoms with E-state index in [1.54, 1.807) is 12.3 Å². The van der Waals surface area contributed by atoms with Gasteiger partial charge in [0.05, 0.1) is 6.61 Å². The third-order valence-corrected chi connectivity index (χ3v) is 4.19. The van der Waals surface area contributed by atoms with Crippen LogP contribution in [0.5, 0.6) is 11.5 Å². The average Bonchev–Trinajstić information content (AvgIpc) is 3.01. The van der Waals surface area contributed by atoms with Crippen molar-refractivity contribution in [2.75, 3.05) is 6.61 Å². The number of carbonyl (C=O) groups is 1. The number of hydrogen-bond donors (Lipinski definition) is 1. The van der Waals surface area contributed by atoms with Gasteiger partial charge in [-0.05, 0) is 43.5 Å². The number of benzene rings is 1. The van der Waals surface area contributed by atoms with E-state index in [9.17, 15) is 9.90 Å². The van der Waals surface area contributed by atoms with E-state index in [2.05, 4.69) is 18.0 Å². The monoisotopic (exact) mass is 327 g/mol. The van der Waals surface area contributed by atoms with Gasteiger partial charge in [0.1, 0.15) is 11.5 Å². The molecule has 126 valence electrons. The largest absolute Gasteiger partial charge is 0.493 e. The Hall–Kier alpha value is -2.56. The lowest BCUT2D eigenvalue weighted by atomic mass is 10.00. The van der Waals surface area contributed by atoms with Gasteiger partial charge in [-0.3, -0.25) is 4.98 Å². The number of ether oxygens (including phenoxy) is 2. The summed E-state index contributed by atoms with van der Waals surface area (Å²) in [7, 11) is 0. The van der Waals surface area contributed by atoms with Gasteiger partial charge < -0.3 is 14.6 Å².